The number of halogens is 3. The van der Waals surface area contributed by atoms with Crippen LogP contribution in [0.3, 0.4) is 0 Å². The molecule has 2 rings (SSSR count). The van der Waals surface area contributed by atoms with Crippen LogP contribution in [0.2, 0.25) is 0 Å². The number of nitrogens with zero attached hydrogens (tertiary/aromatic N) is 2. The van der Waals surface area contributed by atoms with Gasteiger partial charge in [0.1, 0.15) is 5.82 Å². The molecule has 1 aromatic heterocycles. The topological polar surface area (TPSA) is 36.4 Å². The third-order valence-electron chi connectivity index (χ3n) is 2.70. The molecule has 0 aliphatic heterocycles. The second-order valence-electron chi connectivity index (χ2n) is 4.05. The lowest BCUT2D eigenvalue weighted by molar-refractivity contribution is -0.137. The van der Waals surface area contributed by atoms with Crippen molar-refractivity contribution < 1.29 is 18.3 Å². The summed E-state index contributed by atoms with van der Waals surface area (Å²) in [6, 6.07) is 2.21. The highest BCUT2D eigenvalue weighted by atomic mass is 19.4. The fraction of sp³-hybridized carbons (Fsp3) is 0.545. The van der Waals surface area contributed by atoms with E-state index >= 15 is 0 Å². The number of hydrogen-bond acceptors (Lipinski definition) is 3. The number of aliphatic hydroxyl groups excluding tert-OH is 1. The third-order valence-corrected chi connectivity index (χ3v) is 2.70. The normalized spacial score (nSPS) is 16.0. The van der Waals surface area contributed by atoms with Gasteiger partial charge in [-0.3, -0.25) is 0 Å². The largest absolute Gasteiger partial charge is 0.416 e. The van der Waals surface area contributed by atoms with Crippen LogP contribution in [-0.2, 0) is 6.18 Å². The molecule has 6 heteroatoms. The van der Waals surface area contributed by atoms with E-state index in [1.807, 2.05) is 0 Å². The Morgan fingerprint density at radius 1 is 1.41 bits per heavy atom. The summed E-state index contributed by atoms with van der Waals surface area (Å²) in [6.45, 7) is 0.230. The molecule has 1 heterocycles. The van der Waals surface area contributed by atoms with Crippen molar-refractivity contribution >= 4 is 5.82 Å². The average molecular weight is 246 g/mol. The van der Waals surface area contributed by atoms with Crippen molar-refractivity contribution in [1.82, 2.24) is 4.98 Å². The molecule has 1 N–H and O–H groups in total. The minimum atomic E-state index is -4.36. The van der Waals surface area contributed by atoms with Gasteiger partial charge in [-0.05, 0) is 25.0 Å². The van der Waals surface area contributed by atoms with Gasteiger partial charge in [0.05, 0.1) is 12.2 Å². The number of hydrogen-bond donors (Lipinski definition) is 1. The summed E-state index contributed by atoms with van der Waals surface area (Å²) < 4.78 is 37.6. The van der Waals surface area contributed by atoms with Crippen molar-refractivity contribution in [3.05, 3.63) is 23.9 Å². The first kappa shape index (κ1) is 12.2. The number of rotatable bonds is 4. The number of aliphatic hydroxyl groups is 1. The molecule has 0 spiro atoms. The van der Waals surface area contributed by atoms with Crippen molar-refractivity contribution in [2.45, 2.75) is 25.1 Å². The molecule has 0 radical (unpaired) electrons. The van der Waals surface area contributed by atoms with Gasteiger partial charge in [0.25, 0.3) is 0 Å². The molecule has 0 bridgehead atoms. The third kappa shape index (κ3) is 2.88. The summed E-state index contributed by atoms with van der Waals surface area (Å²) in [5.74, 6) is 0.288. The Labute approximate surface area is 96.9 Å². The van der Waals surface area contributed by atoms with E-state index in [0.717, 1.165) is 31.2 Å². The first-order valence-electron chi connectivity index (χ1n) is 5.43. The molecule has 0 saturated heterocycles. The summed E-state index contributed by atoms with van der Waals surface area (Å²) in [7, 11) is 0. The minimum absolute atomic E-state index is 0.0889. The zero-order valence-corrected chi connectivity index (χ0v) is 9.11. The van der Waals surface area contributed by atoms with Crippen molar-refractivity contribution in [2.24, 2.45) is 0 Å². The average Bonchev–Trinajstić information content (AvgIpc) is 3.09. The second kappa shape index (κ2) is 4.52. The number of pyridine rings is 1. The number of alkyl halides is 3. The molecule has 1 saturated carbocycles. The maximum atomic E-state index is 12.5. The lowest BCUT2D eigenvalue weighted by Crippen LogP contribution is -2.30. The predicted octanol–water partition coefficient (Wildman–Crippen LogP) is 2.06. The van der Waals surface area contributed by atoms with Crippen LogP contribution in [0.15, 0.2) is 18.3 Å². The van der Waals surface area contributed by atoms with Gasteiger partial charge in [-0.25, -0.2) is 4.98 Å². The maximum absolute atomic E-state index is 12.5. The Morgan fingerprint density at radius 3 is 2.65 bits per heavy atom. The maximum Gasteiger partial charge on any atom is 0.416 e. The zero-order valence-electron chi connectivity index (χ0n) is 9.11. The van der Waals surface area contributed by atoms with Gasteiger partial charge in [0, 0.05) is 18.8 Å². The summed E-state index contributed by atoms with van der Waals surface area (Å²) in [5.41, 5.74) is -0.703. The molecule has 17 heavy (non-hydrogen) atoms. The van der Waals surface area contributed by atoms with E-state index in [-0.39, 0.29) is 18.5 Å². The summed E-state index contributed by atoms with van der Waals surface area (Å²) in [5, 5.41) is 8.91. The molecule has 1 aromatic rings. The van der Waals surface area contributed by atoms with Crippen molar-refractivity contribution in [3.8, 4) is 0 Å². The van der Waals surface area contributed by atoms with Crippen molar-refractivity contribution in [2.75, 3.05) is 18.1 Å². The highest BCUT2D eigenvalue weighted by Gasteiger charge is 2.33. The molecular weight excluding hydrogens is 233 g/mol. The first-order valence-corrected chi connectivity index (χ1v) is 5.43. The molecule has 1 aliphatic carbocycles. The van der Waals surface area contributed by atoms with Gasteiger partial charge < -0.3 is 10.0 Å². The smallest absolute Gasteiger partial charge is 0.395 e. The van der Waals surface area contributed by atoms with Gasteiger partial charge in [-0.15, -0.1) is 0 Å². The predicted molar refractivity (Wildman–Crippen MR) is 56.7 cm³/mol. The van der Waals surface area contributed by atoms with Crippen LogP contribution < -0.4 is 4.90 Å². The van der Waals surface area contributed by atoms with Crippen LogP contribution >= 0.6 is 0 Å². The quantitative estimate of drug-likeness (QED) is 0.883. The molecule has 1 fully saturated rings. The summed E-state index contributed by atoms with van der Waals surface area (Å²) in [4.78, 5) is 5.68. The van der Waals surface area contributed by atoms with Gasteiger partial charge in [0.15, 0.2) is 0 Å². The highest BCUT2D eigenvalue weighted by Crippen LogP contribution is 2.34. The Hall–Kier alpha value is -1.30. The van der Waals surface area contributed by atoms with Crippen molar-refractivity contribution in [3.63, 3.8) is 0 Å². The van der Waals surface area contributed by atoms with E-state index in [2.05, 4.69) is 4.98 Å². The van der Waals surface area contributed by atoms with Crippen LogP contribution in [0, 0.1) is 0 Å². The van der Waals surface area contributed by atoms with E-state index in [1.165, 1.54) is 0 Å². The van der Waals surface area contributed by atoms with Crippen LogP contribution in [0.4, 0.5) is 19.0 Å². The number of aromatic nitrogens is 1. The van der Waals surface area contributed by atoms with Crippen LogP contribution in [0.25, 0.3) is 0 Å². The Kier molecular flexibility index (Phi) is 3.24. The van der Waals surface area contributed by atoms with E-state index in [1.54, 1.807) is 4.90 Å². The van der Waals surface area contributed by atoms with Crippen LogP contribution in [0.5, 0.6) is 0 Å². The standard InChI is InChI=1S/C11H13F3N2O/c12-11(13,14)8-3-4-15-10(7-8)16(5-6-17)9-1-2-9/h3-4,7,9,17H,1-2,5-6H2. The molecule has 94 valence electrons. The zero-order chi connectivity index (χ0) is 12.5. The van der Waals surface area contributed by atoms with Crippen LogP contribution in [0.1, 0.15) is 18.4 Å². The monoisotopic (exact) mass is 246 g/mol. The fourth-order valence-corrected chi connectivity index (χ4v) is 1.73. The summed E-state index contributed by atoms with van der Waals surface area (Å²) in [6.07, 6.45) is -1.31. The van der Waals surface area contributed by atoms with Gasteiger partial charge >= 0.3 is 6.18 Å². The molecule has 3 nitrogen and oxygen atoms in total. The summed E-state index contributed by atoms with van der Waals surface area (Å²) >= 11 is 0. The molecular formula is C11H13F3N2O. The van der Waals surface area contributed by atoms with E-state index in [0.29, 0.717) is 6.54 Å². The molecule has 0 amide bonds. The SMILES string of the molecule is OCCN(c1cc(C(F)(F)F)ccn1)C1CC1. The molecule has 0 atom stereocenters. The lowest BCUT2D eigenvalue weighted by atomic mass is 10.2. The van der Waals surface area contributed by atoms with Gasteiger partial charge in [-0.1, -0.05) is 0 Å². The second-order valence-corrected chi connectivity index (χ2v) is 4.05. The van der Waals surface area contributed by atoms with Crippen LogP contribution in [-0.4, -0.2) is 29.3 Å². The van der Waals surface area contributed by atoms with E-state index in [4.69, 9.17) is 5.11 Å². The van der Waals surface area contributed by atoms with Gasteiger partial charge in [-0.2, -0.15) is 13.2 Å². The number of anilines is 1. The Bertz CT molecular complexity index is 391. The van der Waals surface area contributed by atoms with E-state index < -0.39 is 11.7 Å². The molecule has 0 aromatic carbocycles. The Balaban J connectivity index is 2.24. The minimum Gasteiger partial charge on any atom is -0.395 e. The molecule has 0 unspecified atom stereocenters. The molecule has 1 aliphatic rings. The fourth-order valence-electron chi connectivity index (χ4n) is 1.73. The first-order chi connectivity index (χ1) is 8.02. The lowest BCUT2D eigenvalue weighted by Gasteiger charge is -2.23. The van der Waals surface area contributed by atoms with Crippen molar-refractivity contribution in [1.29, 1.82) is 0 Å². The highest BCUT2D eigenvalue weighted by molar-refractivity contribution is 5.44. The van der Waals surface area contributed by atoms with E-state index in [9.17, 15) is 13.2 Å². The van der Waals surface area contributed by atoms with Gasteiger partial charge in [0.2, 0.25) is 0 Å². The Morgan fingerprint density at radius 2 is 2.12 bits per heavy atom.